The Hall–Kier alpha value is -1.56. The molecule has 0 fully saturated rings. The zero-order valence-electron chi connectivity index (χ0n) is 10.7. The number of nitrogens with two attached hydrogens (primary N) is 1. The highest BCUT2D eigenvalue weighted by atomic mass is 32.2. The van der Waals surface area contributed by atoms with Crippen molar-refractivity contribution in [2.24, 2.45) is 0 Å². The summed E-state index contributed by atoms with van der Waals surface area (Å²) in [6.45, 7) is 2.07. The van der Waals surface area contributed by atoms with E-state index in [0.29, 0.717) is 11.5 Å². The van der Waals surface area contributed by atoms with E-state index in [0.717, 1.165) is 16.2 Å². The van der Waals surface area contributed by atoms with Crippen LogP contribution < -0.4 is 11.1 Å². The lowest BCUT2D eigenvalue weighted by molar-refractivity contribution is 0.598. The fourth-order valence-corrected chi connectivity index (χ4v) is 4.77. The Balaban J connectivity index is 2.39. The first-order valence-corrected chi connectivity index (χ1v) is 9.15. The lowest BCUT2D eigenvalue weighted by atomic mass is 10.4. The van der Waals surface area contributed by atoms with Crippen LogP contribution in [-0.2, 0) is 16.4 Å². The minimum atomic E-state index is -3.46. The molecule has 0 saturated carbocycles. The second-order valence-corrected chi connectivity index (χ2v) is 8.22. The Morgan fingerprint density at radius 3 is 2.80 bits per heavy atom. The fourth-order valence-electron chi connectivity index (χ4n) is 1.66. The molecule has 0 unspecified atom stereocenters. The van der Waals surface area contributed by atoms with Gasteiger partial charge in [-0.15, -0.1) is 22.7 Å². The molecule has 2 aromatic rings. The van der Waals surface area contributed by atoms with Crippen LogP contribution in [0.25, 0.3) is 0 Å². The number of nitrogen functional groups attached to an aromatic ring is 1. The number of sulfone groups is 1. The molecule has 0 aliphatic carbocycles. The highest BCUT2D eigenvalue weighted by molar-refractivity contribution is 7.91. The molecule has 0 saturated heterocycles. The SMILES string of the molecule is CCS(=O)(=O)c1c(NCc2cccs2)sc(C#N)c1N. The third-order valence-electron chi connectivity index (χ3n) is 2.70. The van der Waals surface area contributed by atoms with Gasteiger partial charge in [0.25, 0.3) is 0 Å². The number of hydrogen-bond donors (Lipinski definition) is 2. The van der Waals surface area contributed by atoms with E-state index in [4.69, 9.17) is 11.0 Å². The van der Waals surface area contributed by atoms with Gasteiger partial charge in [0.1, 0.15) is 20.8 Å². The maximum absolute atomic E-state index is 12.1. The molecule has 2 rings (SSSR count). The van der Waals surface area contributed by atoms with Crippen molar-refractivity contribution in [1.82, 2.24) is 0 Å². The Kier molecular flexibility index (Phi) is 4.32. The van der Waals surface area contributed by atoms with Crippen LogP contribution in [0.5, 0.6) is 0 Å². The number of nitrogens with zero attached hydrogens (tertiary/aromatic N) is 1. The predicted molar refractivity (Wildman–Crippen MR) is 82.8 cm³/mol. The van der Waals surface area contributed by atoms with Gasteiger partial charge in [-0.3, -0.25) is 0 Å². The normalized spacial score (nSPS) is 11.2. The highest BCUT2D eigenvalue weighted by Crippen LogP contribution is 2.39. The van der Waals surface area contributed by atoms with E-state index in [2.05, 4.69) is 5.32 Å². The Morgan fingerprint density at radius 2 is 2.25 bits per heavy atom. The van der Waals surface area contributed by atoms with E-state index in [1.54, 1.807) is 18.3 Å². The van der Waals surface area contributed by atoms with Gasteiger partial charge in [0.15, 0.2) is 9.84 Å². The van der Waals surface area contributed by atoms with Crippen LogP contribution in [0.3, 0.4) is 0 Å². The summed E-state index contributed by atoms with van der Waals surface area (Å²) in [4.78, 5) is 1.36. The lowest BCUT2D eigenvalue weighted by Crippen LogP contribution is -2.09. The zero-order chi connectivity index (χ0) is 14.8. The number of thiophene rings is 2. The van der Waals surface area contributed by atoms with Gasteiger partial charge in [-0.25, -0.2) is 8.42 Å². The summed E-state index contributed by atoms with van der Waals surface area (Å²) in [5, 5.41) is 14.5. The average molecular weight is 327 g/mol. The second kappa shape index (κ2) is 5.83. The van der Waals surface area contributed by atoms with Crippen LogP contribution in [-0.4, -0.2) is 14.2 Å². The summed E-state index contributed by atoms with van der Waals surface area (Å²) in [7, 11) is -3.46. The molecule has 0 aromatic carbocycles. The Bertz CT molecular complexity index is 740. The largest absolute Gasteiger partial charge is 0.396 e. The van der Waals surface area contributed by atoms with Crippen LogP contribution >= 0.6 is 22.7 Å². The minimum absolute atomic E-state index is 0.0491. The first-order chi connectivity index (χ1) is 9.49. The zero-order valence-corrected chi connectivity index (χ0v) is 13.2. The molecule has 0 aliphatic heterocycles. The molecule has 2 heterocycles. The van der Waals surface area contributed by atoms with Gasteiger partial charge in [-0.05, 0) is 11.4 Å². The topological polar surface area (TPSA) is 96.0 Å². The molecule has 8 heteroatoms. The summed E-state index contributed by atoms with van der Waals surface area (Å²) in [6.07, 6.45) is 0. The van der Waals surface area contributed by atoms with Gasteiger partial charge in [0.05, 0.1) is 18.0 Å². The fraction of sp³-hybridized carbons (Fsp3) is 0.250. The molecule has 0 spiro atoms. The molecule has 20 heavy (non-hydrogen) atoms. The first-order valence-electron chi connectivity index (χ1n) is 5.81. The molecule has 0 atom stereocenters. The first kappa shape index (κ1) is 14.8. The number of nitriles is 1. The van der Waals surface area contributed by atoms with Crippen molar-refractivity contribution in [3.05, 3.63) is 27.3 Å². The van der Waals surface area contributed by atoms with Crippen molar-refractivity contribution in [2.45, 2.75) is 18.4 Å². The third-order valence-corrected chi connectivity index (χ3v) is 6.58. The monoisotopic (exact) mass is 327 g/mol. The van der Waals surface area contributed by atoms with Crippen LogP contribution in [0.1, 0.15) is 16.7 Å². The maximum atomic E-state index is 12.1. The van der Waals surface area contributed by atoms with Crippen LogP contribution in [0.2, 0.25) is 0 Å². The third kappa shape index (κ3) is 2.80. The maximum Gasteiger partial charge on any atom is 0.183 e. The van der Waals surface area contributed by atoms with E-state index in [1.165, 1.54) is 0 Å². The van der Waals surface area contributed by atoms with Crippen molar-refractivity contribution in [1.29, 1.82) is 5.26 Å². The van der Waals surface area contributed by atoms with Gasteiger partial charge in [0.2, 0.25) is 0 Å². The Labute approximate surface area is 125 Å². The van der Waals surface area contributed by atoms with Gasteiger partial charge >= 0.3 is 0 Å². The van der Waals surface area contributed by atoms with Crippen LogP contribution in [0.4, 0.5) is 10.7 Å². The molecule has 0 aliphatic rings. The standard InChI is InChI=1S/C12H13N3O2S3/c1-2-20(16,17)11-10(14)9(6-13)19-12(11)15-7-8-4-3-5-18-8/h3-5,15H,2,7,14H2,1H3. The van der Waals surface area contributed by atoms with Crippen molar-refractivity contribution in [3.63, 3.8) is 0 Å². The predicted octanol–water partition coefficient (Wildman–Crippen LogP) is 2.67. The van der Waals surface area contributed by atoms with E-state index in [9.17, 15) is 8.42 Å². The number of nitrogens with one attached hydrogen (secondary N) is 1. The average Bonchev–Trinajstić information content (AvgIpc) is 3.03. The van der Waals surface area contributed by atoms with Gasteiger partial charge in [-0.1, -0.05) is 13.0 Å². The van der Waals surface area contributed by atoms with E-state index < -0.39 is 9.84 Å². The minimum Gasteiger partial charge on any atom is -0.396 e. The molecule has 0 amide bonds. The molecule has 5 nitrogen and oxygen atoms in total. The van der Waals surface area contributed by atoms with E-state index in [-0.39, 0.29) is 21.2 Å². The molecule has 106 valence electrons. The summed E-state index contributed by atoms with van der Waals surface area (Å²) in [5.74, 6) is -0.0491. The van der Waals surface area contributed by atoms with Crippen LogP contribution in [0.15, 0.2) is 22.4 Å². The van der Waals surface area contributed by atoms with Gasteiger partial charge < -0.3 is 11.1 Å². The number of rotatable bonds is 5. The summed E-state index contributed by atoms with van der Waals surface area (Å²) < 4.78 is 24.2. The van der Waals surface area contributed by atoms with Gasteiger partial charge in [-0.2, -0.15) is 5.26 Å². The molecule has 0 radical (unpaired) electrons. The van der Waals surface area contributed by atoms with Crippen molar-refractivity contribution >= 4 is 43.2 Å². The quantitative estimate of drug-likeness (QED) is 0.880. The number of hydrogen-bond acceptors (Lipinski definition) is 7. The smallest absolute Gasteiger partial charge is 0.183 e. The summed E-state index contributed by atoms with van der Waals surface area (Å²) in [5.41, 5.74) is 5.85. The van der Waals surface area contributed by atoms with Crippen LogP contribution in [0, 0.1) is 11.3 Å². The van der Waals surface area contributed by atoms with E-state index >= 15 is 0 Å². The molecule has 0 bridgehead atoms. The molecular weight excluding hydrogens is 314 g/mol. The lowest BCUT2D eigenvalue weighted by Gasteiger charge is -2.07. The summed E-state index contributed by atoms with van der Waals surface area (Å²) in [6, 6.07) is 5.81. The van der Waals surface area contributed by atoms with Crippen molar-refractivity contribution in [3.8, 4) is 6.07 Å². The van der Waals surface area contributed by atoms with Crippen molar-refractivity contribution in [2.75, 3.05) is 16.8 Å². The van der Waals surface area contributed by atoms with Crippen molar-refractivity contribution < 1.29 is 8.42 Å². The highest BCUT2D eigenvalue weighted by Gasteiger charge is 2.25. The number of anilines is 2. The van der Waals surface area contributed by atoms with E-state index in [1.807, 2.05) is 23.6 Å². The molecule has 2 aromatic heterocycles. The second-order valence-electron chi connectivity index (χ2n) is 3.95. The molecule has 3 N–H and O–H groups in total. The molecular formula is C12H13N3O2S3. The summed E-state index contributed by atoms with van der Waals surface area (Å²) >= 11 is 2.65. The Morgan fingerprint density at radius 1 is 1.50 bits per heavy atom. The van der Waals surface area contributed by atoms with Gasteiger partial charge in [0, 0.05) is 4.88 Å².